The molecule has 0 unspecified atom stereocenters. The Morgan fingerprint density at radius 1 is 1.30 bits per heavy atom. The van der Waals surface area contributed by atoms with Gasteiger partial charge in [-0.1, -0.05) is 15.9 Å². The third-order valence-electron chi connectivity index (χ3n) is 2.63. The average molecular weight is 338 g/mol. The van der Waals surface area contributed by atoms with Crippen LogP contribution in [0.15, 0.2) is 44.5 Å². The zero-order chi connectivity index (χ0) is 14.7. The van der Waals surface area contributed by atoms with Crippen LogP contribution in [0.4, 0.5) is 5.69 Å². The molecule has 2 aromatic rings. The normalized spacial score (nSPS) is 10.3. The molecule has 20 heavy (non-hydrogen) atoms. The SMILES string of the molecule is Cc1cn(CC(=O)Nc2ccc(Br)cc2)c(=O)[nH]c1=O. The molecule has 1 heterocycles. The molecule has 7 heteroatoms. The van der Waals surface area contributed by atoms with Gasteiger partial charge in [-0.3, -0.25) is 19.1 Å². The molecule has 1 aromatic carbocycles. The zero-order valence-corrected chi connectivity index (χ0v) is 12.2. The van der Waals surface area contributed by atoms with Crippen LogP contribution in [0.3, 0.4) is 0 Å². The Morgan fingerprint density at radius 2 is 1.95 bits per heavy atom. The Morgan fingerprint density at radius 3 is 2.60 bits per heavy atom. The van der Waals surface area contributed by atoms with E-state index in [0.717, 1.165) is 9.04 Å². The Bertz CT molecular complexity index is 747. The largest absolute Gasteiger partial charge is 0.328 e. The first kappa shape index (κ1) is 14.3. The second-order valence-electron chi connectivity index (χ2n) is 4.25. The molecular formula is C13H12BrN3O3. The summed E-state index contributed by atoms with van der Waals surface area (Å²) in [6.07, 6.45) is 1.36. The average Bonchev–Trinajstić information content (AvgIpc) is 2.39. The molecule has 0 aliphatic heterocycles. The summed E-state index contributed by atoms with van der Waals surface area (Å²) in [7, 11) is 0. The summed E-state index contributed by atoms with van der Waals surface area (Å²) in [5.41, 5.74) is -0.0421. The number of carbonyl (C=O) groups is 1. The summed E-state index contributed by atoms with van der Waals surface area (Å²) in [4.78, 5) is 36.8. The fourth-order valence-corrected chi connectivity index (χ4v) is 1.89. The van der Waals surface area contributed by atoms with Gasteiger partial charge >= 0.3 is 5.69 Å². The zero-order valence-electron chi connectivity index (χ0n) is 10.6. The predicted molar refractivity (Wildman–Crippen MR) is 78.8 cm³/mol. The smallest absolute Gasteiger partial charge is 0.325 e. The number of aromatic amines is 1. The minimum atomic E-state index is -0.605. The van der Waals surface area contributed by atoms with E-state index < -0.39 is 11.2 Å². The van der Waals surface area contributed by atoms with Crippen LogP contribution in [0.25, 0.3) is 0 Å². The number of hydrogen-bond acceptors (Lipinski definition) is 3. The molecule has 2 rings (SSSR count). The molecule has 0 spiro atoms. The van der Waals surface area contributed by atoms with Crippen molar-refractivity contribution in [2.45, 2.75) is 13.5 Å². The molecular weight excluding hydrogens is 326 g/mol. The molecule has 0 radical (unpaired) electrons. The molecule has 104 valence electrons. The third-order valence-corrected chi connectivity index (χ3v) is 3.16. The number of amides is 1. The van der Waals surface area contributed by atoms with Gasteiger partial charge in [0.05, 0.1) is 0 Å². The lowest BCUT2D eigenvalue weighted by Gasteiger charge is -2.07. The van der Waals surface area contributed by atoms with Crippen molar-refractivity contribution in [2.75, 3.05) is 5.32 Å². The van der Waals surface area contributed by atoms with Gasteiger partial charge in [-0.05, 0) is 31.2 Å². The molecule has 0 bridgehead atoms. The van der Waals surface area contributed by atoms with Gasteiger partial charge in [0.2, 0.25) is 5.91 Å². The molecule has 2 N–H and O–H groups in total. The van der Waals surface area contributed by atoms with Crippen molar-refractivity contribution >= 4 is 27.5 Å². The van der Waals surface area contributed by atoms with Crippen LogP contribution in [-0.4, -0.2) is 15.5 Å². The maximum absolute atomic E-state index is 11.8. The summed E-state index contributed by atoms with van der Waals surface area (Å²) >= 11 is 3.30. The first-order valence-corrected chi connectivity index (χ1v) is 6.61. The summed E-state index contributed by atoms with van der Waals surface area (Å²) in [5, 5.41) is 2.67. The first-order chi connectivity index (χ1) is 9.45. The maximum Gasteiger partial charge on any atom is 0.328 e. The lowest BCUT2D eigenvalue weighted by molar-refractivity contribution is -0.116. The van der Waals surface area contributed by atoms with Gasteiger partial charge in [0, 0.05) is 21.9 Å². The minimum absolute atomic E-state index is 0.160. The van der Waals surface area contributed by atoms with E-state index in [1.165, 1.54) is 6.20 Å². The van der Waals surface area contributed by atoms with E-state index in [-0.39, 0.29) is 12.5 Å². The van der Waals surface area contributed by atoms with Gasteiger partial charge in [0.25, 0.3) is 5.56 Å². The maximum atomic E-state index is 11.8. The number of benzene rings is 1. The molecule has 0 fully saturated rings. The number of nitrogens with one attached hydrogen (secondary N) is 2. The molecule has 0 aliphatic carbocycles. The van der Waals surface area contributed by atoms with Crippen molar-refractivity contribution in [3.63, 3.8) is 0 Å². The van der Waals surface area contributed by atoms with Crippen molar-refractivity contribution in [2.24, 2.45) is 0 Å². The molecule has 0 aliphatic rings. The van der Waals surface area contributed by atoms with Crippen LogP contribution >= 0.6 is 15.9 Å². The van der Waals surface area contributed by atoms with Gasteiger partial charge in [-0.15, -0.1) is 0 Å². The highest BCUT2D eigenvalue weighted by atomic mass is 79.9. The van der Waals surface area contributed by atoms with E-state index in [2.05, 4.69) is 26.2 Å². The van der Waals surface area contributed by atoms with E-state index in [1.54, 1.807) is 31.2 Å². The lowest BCUT2D eigenvalue weighted by atomic mass is 10.3. The summed E-state index contributed by atoms with van der Waals surface area (Å²) in [6, 6.07) is 7.07. The number of H-pyrrole nitrogens is 1. The number of carbonyl (C=O) groups excluding carboxylic acids is 1. The number of aryl methyl sites for hydroxylation is 1. The van der Waals surface area contributed by atoms with Crippen LogP contribution in [0, 0.1) is 6.92 Å². The Labute approximate surface area is 122 Å². The van der Waals surface area contributed by atoms with Gasteiger partial charge in [-0.2, -0.15) is 0 Å². The Balaban J connectivity index is 2.12. The van der Waals surface area contributed by atoms with Crippen LogP contribution in [0.1, 0.15) is 5.56 Å². The van der Waals surface area contributed by atoms with Crippen molar-refractivity contribution < 1.29 is 4.79 Å². The monoisotopic (exact) mass is 337 g/mol. The van der Waals surface area contributed by atoms with Gasteiger partial charge in [-0.25, -0.2) is 4.79 Å². The Kier molecular flexibility index (Phi) is 4.19. The highest BCUT2D eigenvalue weighted by Crippen LogP contribution is 2.13. The standard InChI is InChI=1S/C13H12BrN3O3/c1-8-6-17(13(20)16-12(8)19)7-11(18)15-10-4-2-9(14)3-5-10/h2-6H,7H2,1H3,(H,15,18)(H,16,19,20). The fraction of sp³-hybridized carbons (Fsp3) is 0.154. The number of nitrogens with zero attached hydrogens (tertiary/aromatic N) is 1. The number of halogens is 1. The van der Waals surface area contributed by atoms with Crippen molar-refractivity contribution in [3.05, 3.63) is 61.3 Å². The predicted octanol–water partition coefficient (Wildman–Crippen LogP) is 1.25. The highest BCUT2D eigenvalue weighted by Gasteiger charge is 2.07. The summed E-state index contributed by atoms with van der Waals surface area (Å²) in [5.74, 6) is -0.346. The van der Waals surface area contributed by atoms with E-state index >= 15 is 0 Å². The minimum Gasteiger partial charge on any atom is -0.325 e. The second kappa shape index (κ2) is 5.87. The number of aromatic nitrogens is 2. The second-order valence-corrected chi connectivity index (χ2v) is 5.17. The molecule has 1 aromatic heterocycles. The van der Waals surface area contributed by atoms with Crippen LogP contribution in [0.2, 0.25) is 0 Å². The van der Waals surface area contributed by atoms with Crippen LogP contribution in [-0.2, 0) is 11.3 Å². The van der Waals surface area contributed by atoms with Crippen molar-refractivity contribution in [1.82, 2.24) is 9.55 Å². The van der Waals surface area contributed by atoms with Crippen molar-refractivity contribution in [3.8, 4) is 0 Å². The number of rotatable bonds is 3. The number of hydrogen-bond donors (Lipinski definition) is 2. The van der Waals surface area contributed by atoms with Crippen molar-refractivity contribution in [1.29, 1.82) is 0 Å². The number of anilines is 1. The molecule has 1 amide bonds. The lowest BCUT2D eigenvalue weighted by Crippen LogP contribution is -2.34. The molecule has 6 nitrogen and oxygen atoms in total. The van der Waals surface area contributed by atoms with Gasteiger partial charge in [0.15, 0.2) is 0 Å². The molecule has 0 saturated carbocycles. The third kappa shape index (κ3) is 3.45. The Hall–Kier alpha value is -2.15. The summed E-state index contributed by atoms with van der Waals surface area (Å²) in [6.45, 7) is 1.41. The molecule has 0 saturated heterocycles. The van der Waals surface area contributed by atoms with Crippen LogP contribution in [0.5, 0.6) is 0 Å². The van der Waals surface area contributed by atoms with E-state index in [1.807, 2.05) is 0 Å². The molecule has 0 atom stereocenters. The quantitative estimate of drug-likeness (QED) is 0.883. The highest BCUT2D eigenvalue weighted by molar-refractivity contribution is 9.10. The fourth-order valence-electron chi connectivity index (χ4n) is 1.62. The topological polar surface area (TPSA) is 84.0 Å². The summed E-state index contributed by atoms with van der Waals surface area (Å²) < 4.78 is 2.06. The van der Waals surface area contributed by atoms with E-state index in [4.69, 9.17) is 0 Å². The van der Waals surface area contributed by atoms with E-state index in [9.17, 15) is 14.4 Å². The first-order valence-electron chi connectivity index (χ1n) is 5.81. The van der Waals surface area contributed by atoms with E-state index in [0.29, 0.717) is 11.3 Å². The van der Waals surface area contributed by atoms with Gasteiger partial charge < -0.3 is 5.32 Å². The van der Waals surface area contributed by atoms with Crippen LogP contribution < -0.4 is 16.6 Å². The van der Waals surface area contributed by atoms with Gasteiger partial charge in [0.1, 0.15) is 6.54 Å².